The van der Waals surface area contributed by atoms with E-state index in [-0.39, 0.29) is 13.2 Å². The third-order valence-electron chi connectivity index (χ3n) is 1.14. The summed E-state index contributed by atoms with van der Waals surface area (Å²) in [6, 6.07) is 0. The van der Waals surface area contributed by atoms with Gasteiger partial charge in [-0.2, -0.15) is 0 Å². The van der Waals surface area contributed by atoms with Gasteiger partial charge >= 0.3 is 11.9 Å². The van der Waals surface area contributed by atoms with Crippen LogP contribution in [0.15, 0.2) is 0 Å². The van der Waals surface area contributed by atoms with Gasteiger partial charge in [-0.1, -0.05) is 0 Å². The molecule has 0 heterocycles. The molecule has 0 saturated heterocycles. The van der Waals surface area contributed by atoms with Crippen LogP contribution in [0.5, 0.6) is 0 Å². The Hall–Kier alpha value is -1.10. The lowest BCUT2D eigenvalue weighted by Crippen LogP contribution is -2.41. The van der Waals surface area contributed by atoms with E-state index < -0.39 is 17.5 Å². The van der Waals surface area contributed by atoms with Crippen LogP contribution in [-0.4, -0.2) is 35.7 Å². The summed E-state index contributed by atoms with van der Waals surface area (Å²) >= 11 is 0. The van der Waals surface area contributed by atoms with Crippen molar-refractivity contribution in [1.29, 1.82) is 0 Å². The zero-order valence-electron chi connectivity index (χ0n) is 8.09. The molecular weight excluding hydrogens is 174 g/mol. The maximum Gasteiger partial charge on any atom is 0.396 e. The predicted octanol–water partition coefficient (Wildman–Crippen LogP) is -0.563. The van der Waals surface area contributed by atoms with Gasteiger partial charge in [0, 0.05) is 6.54 Å². The van der Waals surface area contributed by atoms with Crippen LogP contribution >= 0.6 is 0 Å². The van der Waals surface area contributed by atoms with Gasteiger partial charge in [0.25, 0.3) is 0 Å². The maximum absolute atomic E-state index is 10.9. The van der Waals surface area contributed by atoms with Crippen LogP contribution in [0.3, 0.4) is 0 Å². The molecule has 5 nitrogen and oxygen atoms in total. The number of ether oxygens (including phenoxy) is 1. The van der Waals surface area contributed by atoms with Crippen LogP contribution in [0.25, 0.3) is 0 Å². The van der Waals surface area contributed by atoms with Crippen molar-refractivity contribution < 1.29 is 19.4 Å². The Labute approximate surface area is 77.1 Å². The van der Waals surface area contributed by atoms with Crippen molar-refractivity contribution in [1.82, 2.24) is 5.32 Å². The van der Waals surface area contributed by atoms with Gasteiger partial charge in [-0.05, 0) is 20.8 Å². The monoisotopic (exact) mass is 189 g/mol. The fourth-order valence-corrected chi connectivity index (χ4v) is 0.565. The molecule has 0 rings (SSSR count). The zero-order chi connectivity index (χ0) is 10.5. The second-order valence-corrected chi connectivity index (χ2v) is 3.22. The standard InChI is InChI=1S/C8H15NO4/c1-4-13-7(11)6(10)9-5-8(2,3)12/h12H,4-5H2,1-3H3,(H,9,10). The average Bonchev–Trinajstić information content (AvgIpc) is 1.99. The molecule has 0 aliphatic rings. The van der Waals surface area contributed by atoms with Gasteiger partial charge in [0.05, 0.1) is 12.2 Å². The summed E-state index contributed by atoms with van der Waals surface area (Å²) in [5.41, 5.74) is -1.03. The quantitative estimate of drug-likeness (QED) is 0.461. The summed E-state index contributed by atoms with van der Waals surface area (Å²) in [4.78, 5) is 21.6. The average molecular weight is 189 g/mol. The molecule has 0 radical (unpaired) electrons. The number of hydrogen-bond donors (Lipinski definition) is 2. The molecule has 0 aliphatic carbocycles. The van der Waals surface area contributed by atoms with Crippen LogP contribution in [0, 0.1) is 0 Å². The van der Waals surface area contributed by atoms with Crippen molar-refractivity contribution in [2.45, 2.75) is 26.4 Å². The van der Waals surface area contributed by atoms with E-state index in [0.717, 1.165) is 0 Å². The summed E-state index contributed by atoms with van der Waals surface area (Å²) in [6.45, 7) is 4.84. The lowest BCUT2D eigenvalue weighted by Gasteiger charge is -2.16. The summed E-state index contributed by atoms with van der Waals surface area (Å²) in [7, 11) is 0. The van der Waals surface area contributed by atoms with E-state index >= 15 is 0 Å². The number of nitrogens with one attached hydrogen (secondary N) is 1. The van der Waals surface area contributed by atoms with Crippen LogP contribution < -0.4 is 5.32 Å². The molecule has 13 heavy (non-hydrogen) atoms. The van der Waals surface area contributed by atoms with Crippen molar-refractivity contribution in [3.8, 4) is 0 Å². The smallest absolute Gasteiger partial charge is 0.396 e. The van der Waals surface area contributed by atoms with E-state index in [4.69, 9.17) is 0 Å². The number of esters is 1. The van der Waals surface area contributed by atoms with E-state index in [9.17, 15) is 14.7 Å². The van der Waals surface area contributed by atoms with Crippen LogP contribution in [0.1, 0.15) is 20.8 Å². The van der Waals surface area contributed by atoms with Crippen molar-refractivity contribution in [3.05, 3.63) is 0 Å². The minimum absolute atomic E-state index is 0.0185. The highest BCUT2D eigenvalue weighted by molar-refractivity contribution is 6.32. The van der Waals surface area contributed by atoms with Gasteiger partial charge < -0.3 is 15.2 Å². The Morgan fingerprint density at radius 2 is 2.00 bits per heavy atom. The molecule has 0 saturated carbocycles. The molecule has 0 aromatic carbocycles. The van der Waals surface area contributed by atoms with Gasteiger partial charge in [0.15, 0.2) is 0 Å². The normalized spacial score (nSPS) is 10.8. The number of carbonyl (C=O) groups excluding carboxylic acids is 2. The van der Waals surface area contributed by atoms with Crippen LogP contribution in [0.4, 0.5) is 0 Å². The summed E-state index contributed by atoms with van der Waals surface area (Å²) in [6.07, 6.45) is 0. The first-order valence-corrected chi connectivity index (χ1v) is 4.04. The van der Waals surface area contributed by atoms with E-state index in [2.05, 4.69) is 10.1 Å². The molecule has 0 fully saturated rings. The van der Waals surface area contributed by atoms with Gasteiger partial charge in [-0.3, -0.25) is 4.79 Å². The second-order valence-electron chi connectivity index (χ2n) is 3.22. The van der Waals surface area contributed by atoms with Crippen molar-refractivity contribution in [2.24, 2.45) is 0 Å². The first-order valence-electron chi connectivity index (χ1n) is 4.04. The number of aliphatic hydroxyl groups is 1. The molecule has 0 unspecified atom stereocenters. The SMILES string of the molecule is CCOC(=O)C(=O)NCC(C)(C)O. The number of rotatable bonds is 3. The highest BCUT2D eigenvalue weighted by Gasteiger charge is 2.18. The van der Waals surface area contributed by atoms with Crippen LogP contribution in [0.2, 0.25) is 0 Å². The van der Waals surface area contributed by atoms with Crippen molar-refractivity contribution in [3.63, 3.8) is 0 Å². The molecule has 0 aromatic rings. The molecule has 1 amide bonds. The van der Waals surface area contributed by atoms with Gasteiger partial charge in [0.2, 0.25) is 0 Å². The second kappa shape index (κ2) is 4.81. The lowest BCUT2D eigenvalue weighted by atomic mass is 10.1. The molecule has 2 N–H and O–H groups in total. The molecule has 0 atom stereocenters. The lowest BCUT2D eigenvalue weighted by molar-refractivity contribution is -0.154. The van der Waals surface area contributed by atoms with Crippen molar-refractivity contribution in [2.75, 3.05) is 13.2 Å². The topological polar surface area (TPSA) is 75.6 Å². The Morgan fingerprint density at radius 1 is 1.46 bits per heavy atom. The molecular formula is C8H15NO4. The van der Waals surface area contributed by atoms with Gasteiger partial charge in [-0.25, -0.2) is 4.79 Å². The highest BCUT2D eigenvalue weighted by Crippen LogP contribution is 1.96. The minimum atomic E-state index is -1.03. The Morgan fingerprint density at radius 3 is 2.38 bits per heavy atom. The predicted molar refractivity (Wildman–Crippen MR) is 45.9 cm³/mol. The first-order chi connectivity index (χ1) is 5.87. The van der Waals surface area contributed by atoms with Crippen LogP contribution in [-0.2, 0) is 14.3 Å². The molecule has 76 valence electrons. The third kappa shape index (κ3) is 6.10. The van der Waals surface area contributed by atoms with E-state index in [1.165, 1.54) is 13.8 Å². The van der Waals surface area contributed by atoms with E-state index in [0.29, 0.717) is 0 Å². The zero-order valence-corrected chi connectivity index (χ0v) is 8.09. The Balaban J connectivity index is 3.82. The van der Waals surface area contributed by atoms with Gasteiger partial charge in [-0.15, -0.1) is 0 Å². The molecule has 0 bridgehead atoms. The van der Waals surface area contributed by atoms with Crippen molar-refractivity contribution >= 4 is 11.9 Å². The summed E-state index contributed by atoms with van der Waals surface area (Å²) < 4.78 is 4.44. The fourth-order valence-electron chi connectivity index (χ4n) is 0.565. The highest BCUT2D eigenvalue weighted by atomic mass is 16.5. The number of amides is 1. The van der Waals surface area contributed by atoms with Gasteiger partial charge in [0.1, 0.15) is 0 Å². The molecule has 0 aromatic heterocycles. The Bertz CT molecular complexity index is 195. The molecule has 5 heteroatoms. The third-order valence-corrected chi connectivity index (χ3v) is 1.14. The Kier molecular flexibility index (Phi) is 4.40. The maximum atomic E-state index is 10.9. The summed E-state index contributed by atoms with van der Waals surface area (Å²) in [5, 5.41) is 11.5. The largest absolute Gasteiger partial charge is 0.459 e. The number of hydrogen-bond acceptors (Lipinski definition) is 4. The fraction of sp³-hybridized carbons (Fsp3) is 0.750. The van der Waals surface area contributed by atoms with E-state index in [1.54, 1.807) is 6.92 Å². The molecule has 0 spiro atoms. The summed E-state index contributed by atoms with van der Waals surface area (Å²) in [5.74, 6) is -1.75. The first kappa shape index (κ1) is 11.9. The molecule has 0 aliphatic heterocycles. The van der Waals surface area contributed by atoms with E-state index in [1.807, 2.05) is 0 Å². The minimum Gasteiger partial charge on any atom is -0.459 e. The number of carbonyl (C=O) groups is 2.